The summed E-state index contributed by atoms with van der Waals surface area (Å²) in [6.45, 7) is 1.75. The van der Waals surface area contributed by atoms with E-state index in [2.05, 4.69) is 0 Å². The molecule has 0 aromatic rings. The molecule has 0 aromatic carbocycles. The van der Waals surface area contributed by atoms with Crippen LogP contribution in [0.3, 0.4) is 0 Å². The van der Waals surface area contributed by atoms with Gasteiger partial charge in [-0.15, -0.1) is 0 Å². The molecule has 30 valence electrons. The highest BCUT2D eigenvalue weighted by molar-refractivity contribution is 5.45. The van der Waals surface area contributed by atoms with Crippen LogP contribution in [-0.4, -0.2) is 23.2 Å². The zero-order valence-electron chi connectivity index (χ0n) is 3.47. The van der Waals surface area contributed by atoms with Crippen LogP contribution in [-0.2, 0) is 0 Å². The van der Waals surface area contributed by atoms with E-state index in [1.165, 1.54) is 0 Å². The van der Waals surface area contributed by atoms with E-state index in [0.29, 0.717) is 0 Å². The van der Waals surface area contributed by atoms with Crippen LogP contribution in [0.1, 0.15) is 6.92 Å². The Labute approximate surface area is 31.3 Å². The average molecular weight is 74.1 g/mol. The molecule has 0 atom stereocenters. The molecule has 0 aliphatic rings. The maximum Gasteiger partial charge on any atom is 0.188 e. The van der Waals surface area contributed by atoms with Gasteiger partial charge in [-0.05, 0) is 4.74 Å². The molecule has 0 aromatic heterocycles. The Morgan fingerprint density at radius 3 is 2.00 bits per heavy atom. The molecule has 0 amide bonds. The topological polar surface area (TPSA) is 23.2 Å². The van der Waals surface area contributed by atoms with E-state index in [9.17, 15) is 0 Å². The number of hydroxylamine groups is 1. The zero-order valence-corrected chi connectivity index (χ0v) is 3.47. The van der Waals surface area contributed by atoms with Crippen molar-refractivity contribution in [2.75, 3.05) is 7.05 Å². The molecule has 0 aliphatic heterocycles. The number of rotatable bonds is 0. The van der Waals surface area contributed by atoms with Crippen LogP contribution in [0.15, 0.2) is 0 Å². The third-order valence-corrected chi connectivity index (χ3v) is 0.374. The van der Waals surface area contributed by atoms with Gasteiger partial charge in [0.1, 0.15) is 0 Å². The molecule has 2 heteroatoms. The zero-order chi connectivity index (χ0) is 4.28. The normalized spacial score (nSPS) is 12.0. The molecule has 0 rings (SSSR count). The summed E-state index contributed by atoms with van der Waals surface area (Å²) in [4.78, 5) is 0. The van der Waals surface area contributed by atoms with Gasteiger partial charge in [0.2, 0.25) is 0 Å². The second-order valence-corrected chi connectivity index (χ2v) is 0.832. The molecular weight excluding hydrogens is 66.0 g/mol. The van der Waals surface area contributed by atoms with Crippen LogP contribution in [0.2, 0.25) is 0 Å². The van der Waals surface area contributed by atoms with E-state index in [4.69, 9.17) is 5.21 Å². The van der Waals surface area contributed by atoms with E-state index < -0.39 is 0 Å². The predicted octanol–water partition coefficient (Wildman–Crippen LogP) is 0.109. The summed E-state index contributed by atoms with van der Waals surface area (Å²) in [5.41, 5.74) is 0. The second-order valence-electron chi connectivity index (χ2n) is 0.832. The van der Waals surface area contributed by atoms with E-state index in [0.717, 1.165) is 4.74 Å². The quantitative estimate of drug-likeness (QED) is 0.187. The van der Waals surface area contributed by atoms with Gasteiger partial charge in [-0.1, -0.05) is 0 Å². The molecule has 0 spiro atoms. The van der Waals surface area contributed by atoms with Crippen molar-refractivity contribution in [1.29, 1.82) is 0 Å². The first-order valence-corrected chi connectivity index (χ1v) is 1.48. The lowest BCUT2D eigenvalue weighted by Crippen LogP contribution is -1.94. The van der Waals surface area contributed by atoms with Crippen molar-refractivity contribution >= 4 is 6.21 Å². The van der Waals surface area contributed by atoms with Gasteiger partial charge in [0.25, 0.3) is 0 Å². The van der Waals surface area contributed by atoms with Crippen molar-refractivity contribution in [2.24, 2.45) is 0 Å². The van der Waals surface area contributed by atoms with E-state index in [1.807, 2.05) is 0 Å². The second kappa shape index (κ2) is 1.76. The van der Waals surface area contributed by atoms with Crippen molar-refractivity contribution in [3.8, 4) is 0 Å². The Balaban J connectivity index is 3.14. The standard InChI is InChI=1S/C3H8NO/c1-3-4(2)5/h3,5H,1-2H3/q+1/b4-3+. The third-order valence-electron chi connectivity index (χ3n) is 0.374. The summed E-state index contributed by atoms with van der Waals surface area (Å²) in [5.74, 6) is 0. The van der Waals surface area contributed by atoms with Crippen LogP contribution in [0.25, 0.3) is 0 Å². The minimum absolute atomic E-state index is 1.00. The lowest BCUT2D eigenvalue weighted by Gasteiger charge is -1.68. The first kappa shape index (κ1) is 4.47. The Bertz CT molecular complexity index is 44.9. The first-order valence-electron chi connectivity index (χ1n) is 1.48. The fraction of sp³-hybridized carbons (Fsp3) is 0.667. The molecule has 2 nitrogen and oxygen atoms in total. The summed E-state index contributed by atoms with van der Waals surface area (Å²) >= 11 is 0. The van der Waals surface area contributed by atoms with Crippen LogP contribution in [0, 0.1) is 0 Å². The molecule has 0 saturated heterocycles. The number of hydrogen-bond donors (Lipinski definition) is 1. The Morgan fingerprint density at radius 2 is 2.00 bits per heavy atom. The highest BCUT2D eigenvalue weighted by Gasteiger charge is 1.69. The molecule has 0 heterocycles. The van der Waals surface area contributed by atoms with E-state index in [1.54, 1.807) is 20.2 Å². The summed E-state index contributed by atoms with van der Waals surface area (Å²) in [6.07, 6.45) is 1.56. The molecule has 0 unspecified atom stereocenters. The summed E-state index contributed by atoms with van der Waals surface area (Å²) in [7, 11) is 1.56. The van der Waals surface area contributed by atoms with Crippen LogP contribution in [0.4, 0.5) is 0 Å². The molecule has 0 bridgehead atoms. The fourth-order valence-corrected chi connectivity index (χ4v) is 0. The van der Waals surface area contributed by atoms with Gasteiger partial charge >= 0.3 is 0 Å². The molecule has 0 fully saturated rings. The smallest absolute Gasteiger partial charge is 0.188 e. The van der Waals surface area contributed by atoms with E-state index >= 15 is 0 Å². The fourth-order valence-electron chi connectivity index (χ4n) is 0. The summed E-state index contributed by atoms with van der Waals surface area (Å²) in [6, 6.07) is 0. The minimum Gasteiger partial charge on any atom is -0.291 e. The minimum atomic E-state index is 1.00. The molecular formula is C3H8NO+. The average Bonchev–Trinajstić information content (AvgIpc) is 1.38. The lowest BCUT2D eigenvalue weighted by molar-refractivity contribution is -0.751. The molecule has 1 N–H and O–H groups in total. The van der Waals surface area contributed by atoms with Crippen molar-refractivity contribution in [3.05, 3.63) is 0 Å². The van der Waals surface area contributed by atoms with Crippen molar-refractivity contribution in [2.45, 2.75) is 6.92 Å². The van der Waals surface area contributed by atoms with Crippen LogP contribution in [0.5, 0.6) is 0 Å². The molecule has 5 heavy (non-hydrogen) atoms. The van der Waals surface area contributed by atoms with Crippen LogP contribution >= 0.6 is 0 Å². The molecule has 0 aliphatic carbocycles. The van der Waals surface area contributed by atoms with Gasteiger partial charge in [0, 0.05) is 6.92 Å². The largest absolute Gasteiger partial charge is 0.291 e. The highest BCUT2D eigenvalue weighted by Crippen LogP contribution is 1.42. The van der Waals surface area contributed by atoms with Crippen molar-refractivity contribution in [3.63, 3.8) is 0 Å². The number of hydrogen-bond acceptors (Lipinski definition) is 1. The van der Waals surface area contributed by atoms with Gasteiger partial charge < -0.3 is 0 Å². The molecule has 0 radical (unpaired) electrons. The maximum atomic E-state index is 8.14. The monoisotopic (exact) mass is 74.1 g/mol. The summed E-state index contributed by atoms with van der Waals surface area (Å²) in [5, 5.41) is 8.14. The van der Waals surface area contributed by atoms with Gasteiger partial charge in [0.15, 0.2) is 13.3 Å². The van der Waals surface area contributed by atoms with E-state index in [-0.39, 0.29) is 0 Å². The third kappa shape index (κ3) is 3.47. The maximum absolute atomic E-state index is 8.14. The predicted molar refractivity (Wildman–Crippen MR) is 19.7 cm³/mol. The Morgan fingerprint density at radius 1 is 1.80 bits per heavy atom. The highest BCUT2D eigenvalue weighted by atomic mass is 16.5. The summed E-state index contributed by atoms with van der Waals surface area (Å²) < 4.78 is 1.00. The Kier molecular flexibility index (Phi) is 1.57. The van der Waals surface area contributed by atoms with Gasteiger partial charge in [-0.3, -0.25) is 5.21 Å². The van der Waals surface area contributed by atoms with Gasteiger partial charge in [-0.2, -0.15) is 0 Å². The van der Waals surface area contributed by atoms with Gasteiger partial charge in [-0.25, -0.2) is 0 Å². The van der Waals surface area contributed by atoms with Crippen molar-refractivity contribution < 1.29 is 9.95 Å². The lowest BCUT2D eigenvalue weighted by atomic mass is 10.9. The number of nitrogens with zero attached hydrogens (tertiary/aromatic N) is 1. The Hall–Kier alpha value is -0.530. The van der Waals surface area contributed by atoms with Crippen molar-refractivity contribution in [1.82, 2.24) is 0 Å². The van der Waals surface area contributed by atoms with Gasteiger partial charge in [0.05, 0.1) is 0 Å². The molecule has 0 saturated carbocycles. The van der Waals surface area contributed by atoms with Crippen LogP contribution < -0.4 is 0 Å². The first-order chi connectivity index (χ1) is 2.27. The SMILES string of the molecule is C/C=[N+](\C)O.